The van der Waals surface area contributed by atoms with Gasteiger partial charge in [-0.3, -0.25) is 0 Å². The largest absolute Gasteiger partial charge is 0.388 e. The number of oxime groups is 1. The van der Waals surface area contributed by atoms with Gasteiger partial charge in [-0.05, 0) is 10.7 Å². The topological polar surface area (TPSA) is 112 Å². The second-order valence-electron chi connectivity index (χ2n) is 2.75. The van der Waals surface area contributed by atoms with Gasteiger partial charge in [0.15, 0.2) is 5.96 Å². The highest BCUT2D eigenvalue weighted by atomic mass is 16.6. The van der Waals surface area contributed by atoms with Crippen LogP contribution in [0.4, 0.5) is 0 Å². The first kappa shape index (κ1) is 10.8. The smallest absolute Gasteiger partial charge is 0.260 e. The van der Waals surface area contributed by atoms with Crippen LogP contribution >= 0.6 is 0 Å². The lowest BCUT2D eigenvalue weighted by atomic mass is 10.2. The first-order valence-corrected chi connectivity index (χ1v) is 4.27. The average molecular weight is 207 g/mol. The van der Waals surface area contributed by atoms with Crippen molar-refractivity contribution in [3.63, 3.8) is 0 Å². The molecule has 6 heteroatoms. The Balaban J connectivity index is 2.42. The summed E-state index contributed by atoms with van der Waals surface area (Å²) in [4.78, 5) is 8.41. The van der Waals surface area contributed by atoms with Crippen molar-refractivity contribution in [1.29, 1.82) is 0 Å². The molecule has 15 heavy (non-hydrogen) atoms. The molecular weight excluding hydrogens is 194 g/mol. The number of hydrogen-bond acceptors (Lipinski definition) is 2. The normalized spacial score (nSPS) is 10.8. The maximum atomic E-state index is 5.32. The van der Waals surface area contributed by atoms with E-state index in [1.807, 2.05) is 30.3 Å². The predicted molar refractivity (Wildman–Crippen MR) is 58.7 cm³/mol. The number of guanidine groups is 2. The van der Waals surface area contributed by atoms with Crippen LogP contribution in [-0.4, -0.2) is 11.9 Å². The molecule has 0 bridgehead atoms. The van der Waals surface area contributed by atoms with E-state index in [-0.39, 0.29) is 11.9 Å². The van der Waals surface area contributed by atoms with Gasteiger partial charge in [-0.15, -0.1) is 0 Å². The fraction of sp³-hybridized carbons (Fsp3) is 0.111. The Morgan fingerprint density at radius 3 is 2.40 bits per heavy atom. The standard InChI is InChI=1S/C9H13N5O/c10-8(11)13-9(12)14-15-6-7-4-2-1-3-5-7/h1-5H,6H2,(H6,10,11,12,13,14). The maximum Gasteiger partial charge on any atom is 0.260 e. The molecule has 6 N–H and O–H groups in total. The van der Waals surface area contributed by atoms with Crippen LogP contribution < -0.4 is 17.2 Å². The van der Waals surface area contributed by atoms with E-state index in [4.69, 9.17) is 22.0 Å². The van der Waals surface area contributed by atoms with Gasteiger partial charge in [-0.2, -0.15) is 4.99 Å². The van der Waals surface area contributed by atoms with Crippen LogP contribution in [0.1, 0.15) is 5.56 Å². The summed E-state index contributed by atoms with van der Waals surface area (Å²) < 4.78 is 0. The van der Waals surface area contributed by atoms with E-state index in [1.54, 1.807) is 0 Å². The monoisotopic (exact) mass is 207 g/mol. The van der Waals surface area contributed by atoms with Crippen LogP contribution in [0.3, 0.4) is 0 Å². The van der Waals surface area contributed by atoms with Gasteiger partial charge in [0, 0.05) is 0 Å². The number of nitrogens with two attached hydrogens (primary N) is 3. The van der Waals surface area contributed by atoms with Gasteiger partial charge in [0.05, 0.1) is 0 Å². The second kappa shape index (κ2) is 5.48. The van der Waals surface area contributed by atoms with Crippen LogP contribution in [-0.2, 0) is 11.4 Å². The van der Waals surface area contributed by atoms with E-state index in [0.29, 0.717) is 6.61 Å². The lowest BCUT2D eigenvalue weighted by Crippen LogP contribution is -2.26. The third kappa shape index (κ3) is 4.51. The molecule has 0 radical (unpaired) electrons. The van der Waals surface area contributed by atoms with E-state index in [0.717, 1.165) is 5.56 Å². The molecule has 80 valence electrons. The molecule has 0 spiro atoms. The van der Waals surface area contributed by atoms with Crippen molar-refractivity contribution in [3.8, 4) is 0 Å². The molecule has 0 saturated carbocycles. The van der Waals surface area contributed by atoms with Crippen molar-refractivity contribution >= 4 is 11.9 Å². The Morgan fingerprint density at radius 2 is 1.80 bits per heavy atom. The van der Waals surface area contributed by atoms with Crippen LogP contribution in [0.2, 0.25) is 0 Å². The molecule has 0 unspecified atom stereocenters. The first-order chi connectivity index (χ1) is 7.18. The van der Waals surface area contributed by atoms with Crippen molar-refractivity contribution < 1.29 is 4.84 Å². The maximum absolute atomic E-state index is 5.32. The highest BCUT2D eigenvalue weighted by Crippen LogP contribution is 2.00. The van der Waals surface area contributed by atoms with Gasteiger partial charge >= 0.3 is 0 Å². The minimum atomic E-state index is -0.153. The predicted octanol–water partition coefficient (Wildman–Crippen LogP) is -0.294. The van der Waals surface area contributed by atoms with Crippen molar-refractivity contribution in [2.24, 2.45) is 27.3 Å². The van der Waals surface area contributed by atoms with Gasteiger partial charge in [-0.1, -0.05) is 30.3 Å². The molecule has 0 heterocycles. The molecule has 1 aromatic rings. The Morgan fingerprint density at radius 1 is 1.13 bits per heavy atom. The summed E-state index contributed by atoms with van der Waals surface area (Å²) in [6.07, 6.45) is 0. The molecule has 0 aliphatic heterocycles. The van der Waals surface area contributed by atoms with Gasteiger partial charge in [0.2, 0.25) is 0 Å². The second-order valence-corrected chi connectivity index (χ2v) is 2.75. The number of aliphatic imine (C=N–C) groups is 1. The molecule has 0 aromatic heterocycles. The Bertz CT molecular complexity index is 356. The van der Waals surface area contributed by atoms with Gasteiger partial charge in [0.25, 0.3) is 5.96 Å². The molecular formula is C9H13N5O. The summed E-state index contributed by atoms with van der Waals surface area (Å²) in [5.74, 6) is -0.259. The highest BCUT2D eigenvalue weighted by molar-refractivity contribution is 5.92. The van der Waals surface area contributed by atoms with Crippen LogP contribution in [0.25, 0.3) is 0 Å². The molecule has 0 saturated heterocycles. The fourth-order valence-corrected chi connectivity index (χ4v) is 0.900. The van der Waals surface area contributed by atoms with Crippen molar-refractivity contribution in [2.75, 3.05) is 0 Å². The van der Waals surface area contributed by atoms with E-state index in [1.165, 1.54) is 0 Å². The molecule has 0 aliphatic carbocycles. The fourth-order valence-electron chi connectivity index (χ4n) is 0.900. The number of hydrogen-bond donors (Lipinski definition) is 3. The molecule has 1 rings (SSSR count). The zero-order valence-corrected chi connectivity index (χ0v) is 8.13. The lowest BCUT2D eigenvalue weighted by molar-refractivity contribution is 0.130. The van der Waals surface area contributed by atoms with E-state index < -0.39 is 0 Å². The molecule has 0 atom stereocenters. The van der Waals surface area contributed by atoms with Crippen molar-refractivity contribution in [3.05, 3.63) is 35.9 Å². The zero-order valence-electron chi connectivity index (χ0n) is 8.13. The Labute approximate surface area is 87.4 Å². The molecule has 1 aromatic carbocycles. The number of nitrogens with zero attached hydrogens (tertiary/aromatic N) is 2. The van der Waals surface area contributed by atoms with Gasteiger partial charge < -0.3 is 22.0 Å². The summed E-state index contributed by atoms with van der Waals surface area (Å²) in [7, 11) is 0. The van der Waals surface area contributed by atoms with Gasteiger partial charge in [0.1, 0.15) is 6.61 Å². The van der Waals surface area contributed by atoms with E-state index in [9.17, 15) is 0 Å². The molecule has 6 nitrogen and oxygen atoms in total. The first-order valence-electron chi connectivity index (χ1n) is 4.27. The third-order valence-corrected chi connectivity index (χ3v) is 1.48. The summed E-state index contributed by atoms with van der Waals surface area (Å²) >= 11 is 0. The van der Waals surface area contributed by atoms with E-state index >= 15 is 0 Å². The summed E-state index contributed by atoms with van der Waals surface area (Å²) in [6.45, 7) is 0.321. The van der Waals surface area contributed by atoms with Crippen molar-refractivity contribution in [2.45, 2.75) is 6.61 Å². The van der Waals surface area contributed by atoms with E-state index in [2.05, 4.69) is 10.1 Å². The summed E-state index contributed by atoms with van der Waals surface area (Å²) in [6, 6.07) is 9.54. The SMILES string of the molecule is NC(N)=N/C(N)=N/OCc1ccccc1. The quantitative estimate of drug-likeness (QED) is 0.359. The minimum absolute atomic E-state index is 0.106. The Hall–Kier alpha value is -2.24. The lowest BCUT2D eigenvalue weighted by Gasteiger charge is -1.99. The Kier molecular flexibility index (Phi) is 3.96. The molecule has 0 aliphatic rings. The third-order valence-electron chi connectivity index (χ3n) is 1.48. The minimum Gasteiger partial charge on any atom is -0.388 e. The highest BCUT2D eigenvalue weighted by Gasteiger charge is 1.92. The zero-order chi connectivity index (χ0) is 11.1. The number of rotatable bonds is 3. The summed E-state index contributed by atoms with van der Waals surface area (Å²) in [5, 5.41) is 3.51. The van der Waals surface area contributed by atoms with Crippen LogP contribution in [0.5, 0.6) is 0 Å². The summed E-state index contributed by atoms with van der Waals surface area (Å²) in [5.41, 5.74) is 16.5. The van der Waals surface area contributed by atoms with Crippen LogP contribution in [0, 0.1) is 0 Å². The average Bonchev–Trinajstić information content (AvgIpc) is 2.18. The van der Waals surface area contributed by atoms with Crippen LogP contribution in [0.15, 0.2) is 40.5 Å². The van der Waals surface area contributed by atoms with Crippen molar-refractivity contribution in [1.82, 2.24) is 0 Å². The van der Waals surface area contributed by atoms with Gasteiger partial charge in [-0.25, -0.2) is 0 Å². The molecule has 0 fully saturated rings. The number of benzene rings is 1. The molecule has 0 amide bonds.